The standard InChI is InChI=1S/C12H18N2O5S/c1-18-6-7-19-5-3-2-4-13-10(15)9-8-20-11(14-9)12(16)17/h8H,2-7H2,1H3,(H,13,15)(H,16,17). The first-order valence-electron chi connectivity index (χ1n) is 6.19. The van der Waals surface area contributed by atoms with E-state index in [1.807, 2.05) is 0 Å². The predicted molar refractivity (Wildman–Crippen MR) is 73.3 cm³/mol. The zero-order valence-corrected chi connectivity index (χ0v) is 12.1. The lowest BCUT2D eigenvalue weighted by Gasteiger charge is -2.04. The van der Waals surface area contributed by atoms with Gasteiger partial charge >= 0.3 is 5.97 Å². The lowest BCUT2D eigenvalue weighted by Crippen LogP contribution is -2.25. The molecular formula is C12H18N2O5S. The van der Waals surface area contributed by atoms with Crippen LogP contribution < -0.4 is 5.32 Å². The summed E-state index contributed by atoms with van der Waals surface area (Å²) in [4.78, 5) is 26.0. The molecule has 1 rings (SSSR count). The lowest BCUT2D eigenvalue weighted by molar-refractivity contribution is 0.0686. The van der Waals surface area contributed by atoms with Gasteiger partial charge in [-0.25, -0.2) is 9.78 Å². The molecule has 0 saturated carbocycles. The number of carboxylic acid groups (broad SMARTS) is 1. The van der Waals surface area contributed by atoms with Crippen LogP contribution in [0, 0.1) is 0 Å². The molecule has 1 heterocycles. The number of carbonyl (C=O) groups is 2. The highest BCUT2D eigenvalue weighted by atomic mass is 32.1. The topological polar surface area (TPSA) is 97.8 Å². The minimum absolute atomic E-state index is 0.0818. The van der Waals surface area contributed by atoms with Crippen molar-refractivity contribution in [2.45, 2.75) is 12.8 Å². The van der Waals surface area contributed by atoms with E-state index >= 15 is 0 Å². The summed E-state index contributed by atoms with van der Waals surface area (Å²) in [5.41, 5.74) is 0.142. The predicted octanol–water partition coefficient (Wildman–Crippen LogP) is 1.01. The molecule has 0 aliphatic heterocycles. The Hall–Kier alpha value is -1.51. The molecule has 8 heteroatoms. The van der Waals surface area contributed by atoms with Crippen LogP contribution in [0.3, 0.4) is 0 Å². The van der Waals surface area contributed by atoms with Crippen LogP contribution in [0.4, 0.5) is 0 Å². The van der Waals surface area contributed by atoms with Gasteiger partial charge in [0.1, 0.15) is 5.69 Å². The van der Waals surface area contributed by atoms with Crippen LogP contribution >= 0.6 is 11.3 Å². The molecule has 1 aromatic rings. The molecular weight excluding hydrogens is 284 g/mol. The Bertz CT molecular complexity index is 435. The van der Waals surface area contributed by atoms with Crippen LogP contribution in [0.5, 0.6) is 0 Å². The maximum absolute atomic E-state index is 11.6. The second-order valence-electron chi connectivity index (χ2n) is 3.91. The van der Waals surface area contributed by atoms with E-state index < -0.39 is 5.97 Å². The third kappa shape index (κ3) is 6.09. The van der Waals surface area contributed by atoms with E-state index in [1.165, 1.54) is 5.38 Å². The van der Waals surface area contributed by atoms with Crippen molar-refractivity contribution in [3.8, 4) is 0 Å². The number of aromatic carboxylic acids is 1. The van der Waals surface area contributed by atoms with Crippen LogP contribution in [0.1, 0.15) is 33.1 Å². The van der Waals surface area contributed by atoms with Gasteiger partial charge < -0.3 is 19.9 Å². The number of rotatable bonds is 10. The van der Waals surface area contributed by atoms with Crippen LogP contribution in [-0.4, -0.2) is 55.4 Å². The Morgan fingerprint density at radius 3 is 2.80 bits per heavy atom. The van der Waals surface area contributed by atoms with Gasteiger partial charge in [0, 0.05) is 25.6 Å². The van der Waals surface area contributed by atoms with E-state index in [0.717, 1.165) is 24.2 Å². The van der Waals surface area contributed by atoms with Gasteiger partial charge in [-0.05, 0) is 12.8 Å². The number of carbonyl (C=O) groups excluding carboxylic acids is 1. The summed E-state index contributed by atoms with van der Waals surface area (Å²) in [6, 6.07) is 0. The second-order valence-corrected chi connectivity index (χ2v) is 4.77. The molecule has 20 heavy (non-hydrogen) atoms. The molecule has 2 N–H and O–H groups in total. The molecule has 112 valence electrons. The number of methoxy groups -OCH3 is 1. The molecule has 0 bridgehead atoms. The molecule has 0 aromatic carbocycles. The van der Waals surface area contributed by atoms with Gasteiger partial charge in [-0.2, -0.15) is 0 Å². The minimum atomic E-state index is -1.12. The van der Waals surface area contributed by atoms with E-state index in [1.54, 1.807) is 7.11 Å². The van der Waals surface area contributed by atoms with Gasteiger partial charge in [0.15, 0.2) is 0 Å². The molecule has 1 aromatic heterocycles. The quantitative estimate of drug-likeness (QED) is 0.626. The smallest absolute Gasteiger partial charge is 0.365 e. The van der Waals surface area contributed by atoms with Crippen molar-refractivity contribution in [3.05, 3.63) is 16.1 Å². The number of amides is 1. The number of carboxylic acids is 1. The Kier molecular flexibility index (Phi) is 7.78. The van der Waals surface area contributed by atoms with Crippen molar-refractivity contribution in [1.82, 2.24) is 10.3 Å². The minimum Gasteiger partial charge on any atom is -0.476 e. The fourth-order valence-electron chi connectivity index (χ4n) is 1.34. The first-order chi connectivity index (χ1) is 9.65. The van der Waals surface area contributed by atoms with Crippen LogP contribution in [0.15, 0.2) is 5.38 Å². The summed E-state index contributed by atoms with van der Waals surface area (Å²) >= 11 is 0.938. The molecule has 0 aliphatic rings. The van der Waals surface area contributed by atoms with E-state index in [-0.39, 0.29) is 16.6 Å². The number of nitrogens with zero attached hydrogens (tertiary/aromatic N) is 1. The lowest BCUT2D eigenvalue weighted by atomic mass is 10.3. The summed E-state index contributed by atoms with van der Waals surface area (Å²) in [5, 5.41) is 12.7. The molecule has 0 saturated heterocycles. The van der Waals surface area contributed by atoms with E-state index in [2.05, 4.69) is 10.3 Å². The third-order valence-corrected chi connectivity index (χ3v) is 3.18. The van der Waals surface area contributed by atoms with Crippen LogP contribution in [0.25, 0.3) is 0 Å². The molecule has 0 unspecified atom stereocenters. The van der Waals surface area contributed by atoms with Gasteiger partial charge in [-0.1, -0.05) is 0 Å². The van der Waals surface area contributed by atoms with Crippen molar-refractivity contribution < 1.29 is 24.2 Å². The highest BCUT2D eigenvalue weighted by Crippen LogP contribution is 2.09. The number of hydrogen-bond acceptors (Lipinski definition) is 6. The normalized spacial score (nSPS) is 10.4. The van der Waals surface area contributed by atoms with E-state index in [0.29, 0.717) is 26.4 Å². The van der Waals surface area contributed by atoms with Crippen molar-refractivity contribution in [2.75, 3.05) is 33.5 Å². The van der Waals surface area contributed by atoms with Crippen molar-refractivity contribution in [1.29, 1.82) is 0 Å². The van der Waals surface area contributed by atoms with Crippen LogP contribution in [-0.2, 0) is 9.47 Å². The Morgan fingerprint density at radius 1 is 1.35 bits per heavy atom. The van der Waals surface area contributed by atoms with E-state index in [9.17, 15) is 9.59 Å². The number of hydrogen-bond donors (Lipinski definition) is 2. The average molecular weight is 302 g/mol. The maximum Gasteiger partial charge on any atom is 0.365 e. The maximum atomic E-state index is 11.6. The van der Waals surface area contributed by atoms with Gasteiger partial charge in [-0.3, -0.25) is 4.79 Å². The van der Waals surface area contributed by atoms with E-state index in [4.69, 9.17) is 14.6 Å². The van der Waals surface area contributed by atoms with Crippen molar-refractivity contribution >= 4 is 23.2 Å². The summed E-state index contributed by atoms with van der Waals surface area (Å²) in [6.07, 6.45) is 1.62. The van der Waals surface area contributed by atoms with Gasteiger partial charge in [0.2, 0.25) is 5.01 Å². The first-order valence-corrected chi connectivity index (χ1v) is 7.07. The molecule has 0 radical (unpaired) electrons. The summed E-state index contributed by atoms with van der Waals surface area (Å²) < 4.78 is 10.1. The fraction of sp³-hybridized carbons (Fsp3) is 0.583. The average Bonchev–Trinajstić information content (AvgIpc) is 2.91. The zero-order valence-electron chi connectivity index (χ0n) is 11.3. The number of thiazole rings is 1. The number of nitrogens with one attached hydrogen (secondary N) is 1. The number of unbranched alkanes of at least 4 members (excludes halogenated alkanes) is 1. The molecule has 7 nitrogen and oxygen atoms in total. The molecule has 0 atom stereocenters. The second kappa shape index (κ2) is 9.40. The largest absolute Gasteiger partial charge is 0.476 e. The first kappa shape index (κ1) is 16.5. The number of ether oxygens (including phenoxy) is 2. The van der Waals surface area contributed by atoms with Gasteiger partial charge in [0.25, 0.3) is 5.91 Å². The highest BCUT2D eigenvalue weighted by molar-refractivity contribution is 7.11. The van der Waals surface area contributed by atoms with Crippen molar-refractivity contribution in [2.24, 2.45) is 0 Å². The molecule has 0 aliphatic carbocycles. The Morgan fingerprint density at radius 2 is 2.15 bits per heavy atom. The van der Waals surface area contributed by atoms with Crippen molar-refractivity contribution in [3.63, 3.8) is 0 Å². The highest BCUT2D eigenvalue weighted by Gasteiger charge is 2.13. The molecule has 0 spiro atoms. The monoisotopic (exact) mass is 302 g/mol. The zero-order chi connectivity index (χ0) is 14.8. The van der Waals surface area contributed by atoms with Gasteiger partial charge in [-0.15, -0.1) is 11.3 Å². The summed E-state index contributed by atoms with van der Waals surface area (Å²) in [7, 11) is 1.62. The SMILES string of the molecule is COCCOCCCCNC(=O)c1csc(C(=O)O)n1. The number of aromatic nitrogens is 1. The van der Waals surface area contributed by atoms with Gasteiger partial charge in [0.05, 0.1) is 13.2 Å². The molecule has 0 fully saturated rings. The third-order valence-electron chi connectivity index (χ3n) is 2.35. The van der Waals surface area contributed by atoms with Crippen LogP contribution in [0.2, 0.25) is 0 Å². The Labute approximate surface area is 120 Å². The Balaban J connectivity index is 2.12. The summed E-state index contributed by atoms with van der Waals surface area (Å²) in [6.45, 7) is 2.28. The molecule has 1 amide bonds. The summed E-state index contributed by atoms with van der Waals surface area (Å²) in [5.74, 6) is -1.48. The fourth-order valence-corrected chi connectivity index (χ4v) is 1.98.